The Morgan fingerprint density at radius 2 is 1.58 bits per heavy atom. The maximum atomic E-state index is 13.2. The molecule has 0 unspecified atom stereocenters. The number of aromatic nitrogens is 2. The second-order valence-corrected chi connectivity index (χ2v) is 7.32. The van der Waals surface area contributed by atoms with E-state index in [1.807, 2.05) is 0 Å². The van der Waals surface area contributed by atoms with Crippen LogP contribution in [0.15, 0.2) is 53.0 Å². The lowest BCUT2D eigenvalue weighted by Gasteiger charge is -2.12. The molecule has 3 aromatic rings. The fourth-order valence-electron chi connectivity index (χ4n) is 2.66. The van der Waals surface area contributed by atoms with E-state index in [0.29, 0.717) is 5.69 Å². The van der Waals surface area contributed by atoms with Crippen molar-refractivity contribution >= 4 is 33.3 Å². The van der Waals surface area contributed by atoms with E-state index in [9.17, 15) is 31.1 Å². The number of rotatable bonds is 3. The Kier molecular flexibility index (Phi) is 6.03. The lowest BCUT2D eigenvalue weighted by molar-refractivity contribution is -0.143. The van der Waals surface area contributed by atoms with E-state index in [4.69, 9.17) is 0 Å². The maximum absolute atomic E-state index is 13.2. The van der Waals surface area contributed by atoms with Crippen molar-refractivity contribution in [3.63, 3.8) is 0 Å². The first kappa shape index (κ1) is 22.7. The van der Waals surface area contributed by atoms with Crippen molar-refractivity contribution in [2.24, 2.45) is 0 Å². The quantitative estimate of drug-likeness (QED) is 0.392. The normalized spacial score (nSPS) is 12.0. The first-order valence-electron chi connectivity index (χ1n) is 8.53. The van der Waals surface area contributed by atoms with Gasteiger partial charge in [0.1, 0.15) is 5.69 Å². The van der Waals surface area contributed by atoms with E-state index in [0.717, 1.165) is 22.2 Å². The number of nitrogens with one attached hydrogen (secondary N) is 2. The van der Waals surface area contributed by atoms with E-state index in [1.54, 1.807) is 25.1 Å². The summed E-state index contributed by atoms with van der Waals surface area (Å²) < 4.78 is 78.9. The van der Waals surface area contributed by atoms with Gasteiger partial charge in [0.15, 0.2) is 5.69 Å². The van der Waals surface area contributed by atoms with Crippen molar-refractivity contribution < 1.29 is 31.1 Å². The summed E-state index contributed by atoms with van der Waals surface area (Å²) in [5.41, 5.74) is -1.93. The van der Waals surface area contributed by atoms with Gasteiger partial charge in [-0.25, -0.2) is 9.48 Å². The van der Waals surface area contributed by atoms with Crippen molar-refractivity contribution in [2.45, 2.75) is 19.3 Å². The molecule has 2 N–H and O–H groups in total. The Bertz CT molecular complexity index is 1110. The highest BCUT2D eigenvalue weighted by Crippen LogP contribution is 2.36. The molecule has 0 aliphatic carbocycles. The average Bonchev–Trinajstić information content (AvgIpc) is 3.11. The number of amides is 2. The molecule has 0 aliphatic rings. The van der Waals surface area contributed by atoms with Crippen LogP contribution in [-0.2, 0) is 12.4 Å². The van der Waals surface area contributed by atoms with Gasteiger partial charge in [0.2, 0.25) is 0 Å². The second kappa shape index (κ2) is 8.25. The summed E-state index contributed by atoms with van der Waals surface area (Å²) in [7, 11) is 0. The van der Waals surface area contributed by atoms with Crippen LogP contribution in [0.1, 0.15) is 17.0 Å². The van der Waals surface area contributed by atoms with Gasteiger partial charge < -0.3 is 10.6 Å². The third-order valence-electron chi connectivity index (χ3n) is 4.10. The molecule has 31 heavy (non-hydrogen) atoms. The molecule has 0 fully saturated rings. The number of nitrogens with zero attached hydrogens (tertiary/aromatic N) is 2. The number of urea groups is 1. The third-order valence-corrected chi connectivity index (χ3v) is 4.59. The van der Waals surface area contributed by atoms with Crippen molar-refractivity contribution in [1.29, 1.82) is 0 Å². The number of alkyl halides is 6. The highest BCUT2D eigenvalue weighted by atomic mass is 79.9. The van der Waals surface area contributed by atoms with Crippen LogP contribution in [0.3, 0.4) is 0 Å². The predicted molar refractivity (Wildman–Crippen MR) is 105 cm³/mol. The average molecular weight is 507 g/mol. The molecule has 0 spiro atoms. The van der Waals surface area contributed by atoms with Gasteiger partial charge in [-0.1, -0.05) is 15.9 Å². The molecule has 1 aromatic heterocycles. The smallest absolute Gasteiger partial charge is 0.308 e. The van der Waals surface area contributed by atoms with E-state index >= 15 is 0 Å². The van der Waals surface area contributed by atoms with Gasteiger partial charge in [-0.15, -0.1) is 0 Å². The summed E-state index contributed by atoms with van der Waals surface area (Å²) in [4.78, 5) is 12.1. The van der Waals surface area contributed by atoms with Gasteiger partial charge in [0.05, 0.1) is 5.69 Å². The molecule has 3 rings (SSSR count). The van der Waals surface area contributed by atoms with Gasteiger partial charge in [0, 0.05) is 21.9 Å². The minimum Gasteiger partial charge on any atom is -0.308 e. The van der Waals surface area contributed by atoms with Crippen LogP contribution in [0.2, 0.25) is 0 Å². The van der Waals surface area contributed by atoms with Crippen LogP contribution in [0.4, 0.5) is 42.5 Å². The molecule has 2 aromatic carbocycles. The Morgan fingerprint density at radius 1 is 0.935 bits per heavy atom. The zero-order valence-electron chi connectivity index (χ0n) is 15.6. The van der Waals surface area contributed by atoms with Gasteiger partial charge in [-0.05, 0) is 55.0 Å². The summed E-state index contributed by atoms with van der Waals surface area (Å²) in [5.74, 6) is 0. The minimum absolute atomic E-state index is 0.0554. The summed E-state index contributed by atoms with van der Waals surface area (Å²) in [6, 6.07) is 9.27. The summed E-state index contributed by atoms with van der Waals surface area (Å²) >= 11 is 3.30. The number of carbonyl (C=O) groups excluding carboxylic acids is 1. The number of benzene rings is 2. The number of hydrogen-bond acceptors (Lipinski definition) is 2. The van der Waals surface area contributed by atoms with E-state index < -0.39 is 29.8 Å². The zero-order valence-corrected chi connectivity index (χ0v) is 17.2. The standard InChI is InChI=1S/C19H13BrF6N4O/c1-10-8-11(20)2-7-14(10)28-17(31)27-12-3-5-13(6-4-12)30-16(19(24,25)26)9-15(29-30)18(21,22)23/h2-9H,1H3,(H2,27,28,31). The van der Waals surface area contributed by atoms with Crippen LogP contribution < -0.4 is 10.6 Å². The number of aryl methyl sites for hydroxylation is 1. The van der Waals surface area contributed by atoms with Gasteiger partial charge >= 0.3 is 18.4 Å². The molecule has 0 saturated carbocycles. The van der Waals surface area contributed by atoms with Crippen molar-refractivity contribution in [2.75, 3.05) is 10.6 Å². The van der Waals surface area contributed by atoms with Crippen LogP contribution in [-0.4, -0.2) is 15.8 Å². The number of anilines is 2. The molecule has 0 aliphatic heterocycles. The molecular formula is C19H13BrF6N4O. The first-order chi connectivity index (χ1) is 14.3. The summed E-state index contributed by atoms with van der Waals surface area (Å²) in [6.07, 6.45) is -10.1. The Labute approximate surface area is 180 Å². The molecule has 1 heterocycles. The molecule has 0 atom stereocenters. The van der Waals surface area contributed by atoms with Crippen molar-refractivity contribution in [1.82, 2.24) is 9.78 Å². The number of carbonyl (C=O) groups is 1. The largest absolute Gasteiger partial charge is 0.435 e. The molecule has 0 saturated heterocycles. The topological polar surface area (TPSA) is 59.0 Å². The number of hydrogen-bond donors (Lipinski definition) is 2. The van der Waals surface area contributed by atoms with Crippen LogP contribution >= 0.6 is 15.9 Å². The second-order valence-electron chi connectivity index (χ2n) is 6.41. The zero-order chi connectivity index (χ0) is 23.0. The molecule has 12 heteroatoms. The van der Waals surface area contributed by atoms with Gasteiger partial charge in [-0.2, -0.15) is 31.4 Å². The van der Waals surface area contributed by atoms with Gasteiger partial charge in [0.25, 0.3) is 0 Å². The number of halogens is 7. The lowest BCUT2D eigenvalue weighted by Crippen LogP contribution is -2.20. The highest BCUT2D eigenvalue weighted by molar-refractivity contribution is 9.10. The first-order valence-corrected chi connectivity index (χ1v) is 9.33. The SMILES string of the molecule is Cc1cc(Br)ccc1NC(=O)Nc1ccc(-n2nc(C(F)(F)F)cc2C(F)(F)F)cc1. The van der Waals surface area contributed by atoms with Crippen LogP contribution in [0.5, 0.6) is 0 Å². The Balaban J connectivity index is 1.80. The van der Waals surface area contributed by atoms with Crippen LogP contribution in [0, 0.1) is 6.92 Å². The minimum atomic E-state index is -5.05. The van der Waals surface area contributed by atoms with E-state index in [2.05, 4.69) is 31.7 Å². The maximum Gasteiger partial charge on any atom is 0.435 e. The Hall–Kier alpha value is -3.02. The Morgan fingerprint density at radius 3 is 2.13 bits per heavy atom. The monoisotopic (exact) mass is 506 g/mol. The van der Waals surface area contributed by atoms with Crippen molar-refractivity contribution in [3.8, 4) is 5.69 Å². The molecule has 5 nitrogen and oxygen atoms in total. The molecule has 2 amide bonds. The van der Waals surface area contributed by atoms with Crippen LogP contribution in [0.25, 0.3) is 5.69 Å². The molecule has 164 valence electrons. The molecular weight excluding hydrogens is 494 g/mol. The van der Waals surface area contributed by atoms with E-state index in [-0.39, 0.29) is 22.1 Å². The molecule has 0 bridgehead atoms. The molecule has 0 radical (unpaired) electrons. The summed E-state index contributed by atoms with van der Waals surface area (Å²) in [5, 5.41) is 8.16. The highest BCUT2D eigenvalue weighted by Gasteiger charge is 2.42. The van der Waals surface area contributed by atoms with E-state index in [1.165, 1.54) is 12.1 Å². The fraction of sp³-hybridized carbons (Fsp3) is 0.158. The fourth-order valence-corrected chi connectivity index (χ4v) is 3.13. The lowest BCUT2D eigenvalue weighted by atomic mass is 10.2. The van der Waals surface area contributed by atoms with Crippen molar-refractivity contribution in [3.05, 3.63) is 70.0 Å². The van der Waals surface area contributed by atoms with Gasteiger partial charge in [-0.3, -0.25) is 0 Å². The third kappa shape index (κ3) is 5.37. The summed E-state index contributed by atoms with van der Waals surface area (Å²) in [6.45, 7) is 1.78. The predicted octanol–water partition coefficient (Wildman–Crippen LogP) is 6.62.